The third kappa shape index (κ3) is 2.81. The third-order valence-corrected chi connectivity index (χ3v) is 2.92. The Balaban J connectivity index is 2.33. The van der Waals surface area contributed by atoms with Crippen LogP contribution in [-0.2, 0) is 0 Å². The first-order valence-electron chi connectivity index (χ1n) is 4.83. The van der Waals surface area contributed by atoms with Crippen molar-refractivity contribution in [3.8, 4) is 0 Å². The molecule has 2 rings (SSSR count). The Labute approximate surface area is 108 Å². The maximum Gasteiger partial charge on any atom is 0.125 e. The molecule has 0 saturated heterocycles. The predicted octanol–water partition coefficient (Wildman–Crippen LogP) is 4.46. The number of hydrogen-bond donors (Lipinski definition) is 2. The zero-order valence-electron chi connectivity index (χ0n) is 8.68. The van der Waals surface area contributed by atoms with Crippen LogP contribution in [0.25, 0.3) is 0 Å². The molecule has 88 valence electrons. The lowest BCUT2D eigenvalue weighted by Crippen LogP contribution is -1.96. The van der Waals surface area contributed by atoms with Crippen LogP contribution >= 0.6 is 23.2 Å². The van der Waals surface area contributed by atoms with Crippen LogP contribution in [0.5, 0.6) is 0 Å². The minimum atomic E-state index is -0.325. The van der Waals surface area contributed by atoms with Crippen molar-refractivity contribution in [3.05, 3.63) is 52.3 Å². The summed E-state index contributed by atoms with van der Waals surface area (Å²) in [6.07, 6.45) is 0. The van der Waals surface area contributed by atoms with Gasteiger partial charge in [-0.05, 0) is 30.3 Å². The van der Waals surface area contributed by atoms with E-state index >= 15 is 0 Å². The Morgan fingerprint density at radius 3 is 2.47 bits per heavy atom. The molecule has 0 spiro atoms. The second kappa shape index (κ2) is 4.82. The lowest BCUT2D eigenvalue weighted by molar-refractivity contribution is 0.628. The van der Waals surface area contributed by atoms with Crippen LogP contribution in [-0.4, -0.2) is 0 Å². The summed E-state index contributed by atoms with van der Waals surface area (Å²) >= 11 is 11.7. The summed E-state index contributed by atoms with van der Waals surface area (Å²) in [5, 5.41) is 3.74. The van der Waals surface area contributed by atoms with Gasteiger partial charge in [0.25, 0.3) is 0 Å². The molecule has 0 aromatic heterocycles. The Bertz CT molecular complexity index is 558. The second-order valence-corrected chi connectivity index (χ2v) is 4.30. The van der Waals surface area contributed by atoms with Crippen LogP contribution in [0.3, 0.4) is 0 Å². The van der Waals surface area contributed by atoms with E-state index in [9.17, 15) is 4.39 Å². The van der Waals surface area contributed by atoms with Gasteiger partial charge in [0, 0.05) is 5.69 Å². The van der Waals surface area contributed by atoms with Crippen molar-refractivity contribution in [3.63, 3.8) is 0 Å². The Kier molecular flexibility index (Phi) is 3.41. The van der Waals surface area contributed by atoms with Crippen molar-refractivity contribution in [1.29, 1.82) is 0 Å². The van der Waals surface area contributed by atoms with Crippen LogP contribution in [0.2, 0.25) is 10.0 Å². The molecule has 0 bridgehead atoms. The molecule has 2 aromatic carbocycles. The van der Waals surface area contributed by atoms with E-state index in [2.05, 4.69) is 5.32 Å². The molecule has 2 aromatic rings. The number of hydrogen-bond acceptors (Lipinski definition) is 2. The minimum Gasteiger partial charge on any atom is -0.397 e. The van der Waals surface area contributed by atoms with Crippen LogP contribution in [0.15, 0.2) is 36.4 Å². The first-order chi connectivity index (χ1) is 8.06. The van der Waals surface area contributed by atoms with Crippen molar-refractivity contribution >= 4 is 40.3 Å². The van der Waals surface area contributed by atoms with Gasteiger partial charge in [0.2, 0.25) is 0 Å². The molecule has 3 N–H and O–H groups in total. The molecule has 0 atom stereocenters. The monoisotopic (exact) mass is 270 g/mol. The second-order valence-electron chi connectivity index (χ2n) is 3.49. The highest BCUT2D eigenvalue weighted by Crippen LogP contribution is 2.32. The van der Waals surface area contributed by atoms with Crippen molar-refractivity contribution in [2.75, 3.05) is 11.1 Å². The number of nitrogen functional groups attached to an aromatic ring is 1. The lowest BCUT2D eigenvalue weighted by atomic mass is 10.2. The third-order valence-electron chi connectivity index (χ3n) is 2.20. The van der Waals surface area contributed by atoms with Gasteiger partial charge in [-0.3, -0.25) is 0 Å². The van der Waals surface area contributed by atoms with Crippen LogP contribution in [0.1, 0.15) is 0 Å². The molecule has 5 heteroatoms. The van der Waals surface area contributed by atoms with E-state index in [0.717, 1.165) is 0 Å². The summed E-state index contributed by atoms with van der Waals surface area (Å²) in [5.41, 5.74) is 7.41. The SMILES string of the molecule is Nc1cc(Cl)c(Cl)cc1Nc1cccc(F)c1. The molecule has 0 radical (unpaired) electrons. The van der Waals surface area contributed by atoms with E-state index in [1.165, 1.54) is 12.1 Å². The number of benzene rings is 2. The van der Waals surface area contributed by atoms with Crippen molar-refractivity contribution < 1.29 is 4.39 Å². The fraction of sp³-hybridized carbons (Fsp3) is 0. The van der Waals surface area contributed by atoms with E-state index in [-0.39, 0.29) is 5.82 Å². The summed E-state index contributed by atoms with van der Waals surface area (Å²) in [6.45, 7) is 0. The van der Waals surface area contributed by atoms with Gasteiger partial charge < -0.3 is 11.1 Å². The predicted molar refractivity (Wildman–Crippen MR) is 70.6 cm³/mol. The molecule has 0 aliphatic carbocycles. The summed E-state index contributed by atoms with van der Waals surface area (Å²) < 4.78 is 13.0. The average Bonchev–Trinajstić information content (AvgIpc) is 2.26. The number of halogens is 3. The fourth-order valence-corrected chi connectivity index (χ4v) is 1.73. The molecule has 17 heavy (non-hydrogen) atoms. The van der Waals surface area contributed by atoms with Gasteiger partial charge in [0.05, 0.1) is 21.4 Å². The van der Waals surface area contributed by atoms with Gasteiger partial charge >= 0.3 is 0 Å². The molecule has 0 aliphatic heterocycles. The molecular weight excluding hydrogens is 262 g/mol. The summed E-state index contributed by atoms with van der Waals surface area (Å²) in [5.74, 6) is -0.325. The van der Waals surface area contributed by atoms with Gasteiger partial charge in [0.15, 0.2) is 0 Å². The van der Waals surface area contributed by atoms with Crippen LogP contribution in [0.4, 0.5) is 21.5 Å². The molecule has 0 unspecified atom stereocenters. The van der Waals surface area contributed by atoms with Gasteiger partial charge in [-0.15, -0.1) is 0 Å². The highest BCUT2D eigenvalue weighted by Gasteiger charge is 2.05. The normalized spacial score (nSPS) is 10.3. The van der Waals surface area contributed by atoms with Gasteiger partial charge in [-0.2, -0.15) is 0 Å². The fourth-order valence-electron chi connectivity index (χ4n) is 1.39. The summed E-state index contributed by atoms with van der Waals surface area (Å²) in [6, 6.07) is 9.21. The minimum absolute atomic E-state index is 0.325. The molecule has 0 fully saturated rings. The van der Waals surface area contributed by atoms with Crippen LogP contribution < -0.4 is 11.1 Å². The van der Waals surface area contributed by atoms with E-state index in [0.29, 0.717) is 27.1 Å². The van der Waals surface area contributed by atoms with E-state index in [1.54, 1.807) is 24.3 Å². The molecule has 0 saturated carbocycles. The largest absolute Gasteiger partial charge is 0.397 e. The topological polar surface area (TPSA) is 38.0 Å². The van der Waals surface area contributed by atoms with Crippen LogP contribution in [0, 0.1) is 5.82 Å². The maximum atomic E-state index is 13.0. The lowest BCUT2D eigenvalue weighted by Gasteiger charge is -2.10. The standard InChI is InChI=1S/C12H9Cl2FN2/c13-9-5-11(16)12(6-10(9)14)17-8-3-1-2-7(15)4-8/h1-6,17H,16H2. The summed E-state index contributed by atoms with van der Waals surface area (Å²) in [4.78, 5) is 0. The molecule has 0 heterocycles. The van der Waals surface area contributed by atoms with Gasteiger partial charge in [0.1, 0.15) is 5.82 Å². The Morgan fingerprint density at radius 2 is 1.76 bits per heavy atom. The molecule has 2 nitrogen and oxygen atoms in total. The highest BCUT2D eigenvalue weighted by molar-refractivity contribution is 6.42. The zero-order chi connectivity index (χ0) is 12.4. The van der Waals surface area contributed by atoms with Gasteiger partial charge in [-0.1, -0.05) is 29.3 Å². The smallest absolute Gasteiger partial charge is 0.125 e. The number of nitrogens with one attached hydrogen (secondary N) is 1. The first-order valence-corrected chi connectivity index (χ1v) is 5.59. The van der Waals surface area contributed by atoms with Crippen molar-refractivity contribution in [2.45, 2.75) is 0 Å². The van der Waals surface area contributed by atoms with Crippen molar-refractivity contribution in [1.82, 2.24) is 0 Å². The summed E-state index contributed by atoms with van der Waals surface area (Å²) in [7, 11) is 0. The Morgan fingerprint density at radius 1 is 1.06 bits per heavy atom. The first kappa shape index (κ1) is 12.0. The molecule has 0 amide bonds. The van der Waals surface area contributed by atoms with E-state index in [4.69, 9.17) is 28.9 Å². The number of anilines is 3. The quantitative estimate of drug-likeness (QED) is 0.791. The van der Waals surface area contributed by atoms with Gasteiger partial charge in [-0.25, -0.2) is 4.39 Å². The number of nitrogens with two attached hydrogens (primary N) is 1. The van der Waals surface area contributed by atoms with Crippen molar-refractivity contribution in [2.24, 2.45) is 0 Å². The molecule has 0 aliphatic rings. The zero-order valence-corrected chi connectivity index (χ0v) is 10.2. The molecular formula is C12H9Cl2FN2. The number of rotatable bonds is 2. The van der Waals surface area contributed by atoms with E-state index < -0.39 is 0 Å². The highest BCUT2D eigenvalue weighted by atomic mass is 35.5. The van der Waals surface area contributed by atoms with E-state index in [1.807, 2.05) is 0 Å². The average molecular weight is 271 g/mol. The Hall–Kier alpha value is -1.45. The maximum absolute atomic E-state index is 13.0.